The van der Waals surface area contributed by atoms with Crippen LogP contribution in [0.25, 0.3) is 0 Å². The Morgan fingerprint density at radius 1 is 1.22 bits per heavy atom. The second kappa shape index (κ2) is 6.76. The molecule has 0 aliphatic carbocycles. The first-order valence-corrected chi connectivity index (χ1v) is 6.48. The van der Waals surface area contributed by atoms with Gasteiger partial charge in [0.15, 0.2) is 0 Å². The molecule has 0 heterocycles. The van der Waals surface area contributed by atoms with E-state index in [0.717, 1.165) is 11.1 Å². The first kappa shape index (κ1) is 15.0. The van der Waals surface area contributed by atoms with Crippen molar-refractivity contribution in [1.82, 2.24) is 5.32 Å². The molecule has 1 aromatic rings. The molecule has 0 aromatic heterocycles. The van der Waals surface area contributed by atoms with Gasteiger partial charge in [-0.25, -0.2) is 0 Å². The van der Waals surface area contributed by atoms with E-state index in [9.17, 15) is 4.79 Å². The number of ether oxygens (including phenoxy) is 1. The largest absolute Gasteiger partial charge is 0.366 e. The molecule has 0 aliphatic rings. The second-order valence-corrected chi connectivity index (χ2v) is 5.40. The monoisotopic (exact) mass is 269 g/mol. The number of carbonyl (C=O) groups is 1. The molecule has 0 atom stereocenters. The van der Waals surface area contributed by atoms with Gasteiger partial charge < -0.3 is 10.1 Å². The van der Waals surface area contributed by atoms with Gasteiger partial charge in [-0.05, 0) is 31.9 Å². The molecule has 0 saturated carbocycles. The topological polar surface area (TPSA) is 38.3 Å². The van der Waals surface area contributed by atoms with Crippen LogP contribution < -0.4 is 5.32 Å². The predicted molar refractivity (Wildman–Crippen MR) is 73.6 cm³/mol. The molecule has 100 valence electrons. The van der Waals surface area contributed by atoms with Gasteiger partial charge in [0.05, 0.1) is 5.60 Å². The SMILES string of the molecule is CC(C)(C)OCC(=O)NCc1ccc(CCl)cc1. The smallest absolute Gasteiger partial charge is 0.246 e. The van der Waals surface area contributed by atoms with E-state index in [1.807, 2.05) is 45.0 Å². The molecule has 0 unspecified atom stereocenters. The third-order valence-electron chi connectivity index (χ3n) is 2.30. The van der Waals surface area contributed by atoms with Gasteiger partial charge in [-0.2, -0.15) is 0 Å². The molecule has 1 rings (SSSR count). The maximum atomic E-state index is 11.5. The van der Waals surface area contributed by atoms with E-state index < -0.39 is 0 Å². The van der Waals surface area contributed by atoms with Crippen molar-refractivity contribution in [3.8, 4) is 0 Å². The molecule has 18 heavy (non-hydrogen) atoms. The van der Waals surface area contributed by atoms with Crippen LogP contribution in [0.3, 0.4) is 0 Å². The quantitative estimate of drug-likeness (QED) is 0.835. The average molecular weight is 270 g/mol. The second-order valence-electron chi connectivity index (χ2n) is 5.13. The minimum atomic E-state index is -0.292. The van der Waals surface area contributed by atoms with Gasteiger partial charge in [-0.15, -0.1) is 11.6 Å². The fraction of sp³-hybridized carbons (Fsp3) is 0.500. The van der Waals surface area contributed by atoms with Crippen LogP contribution in [0, 0.1) is 0 Å². The van der Waals surface area contributed by atoms with E-state index in [0.29, 0.717) is 12.4 Å². The van der Waals surface area contributed by atoms with Crippen molar-refractivity contribution in [2.45, 2.75) is 38.8 Å². The molecule has 0 fully saturated rings. The number of hydrogen-bond donors (Lipinski definition) is 1. The van der Waals surface area contributed by atoms with Crippen LogP contribution in [0.15, 0.2) is 24.3 Å². The molecule has 3 nitrogen and oxygen atoms in total. The zero-order chi connectivity index (χ0) is 13.6. The van der Waals surface area contributed by atoms with Crippen LogP contribution in [0.2, 0.25) is 0 Å². The van der Waals surface area contributed by atoms with Crippen molar-refractivity contribution < 1.29 is 9.53 Å². The molecular weight excluding hydrogens is 250 g/mol. The van der Waals surface area contributed by atoms with Gasteiger partial charge in [0, 0.05) is 12.4 Å². The maximum Gasteiger partial charge on any atom is 0.246 e. The average Bonchev–Trinajstić information content (AvgIpc) is 2.33. The summed E-state index contributed by atoms with van der Waals surface area (Å²) in [4.78, 5) is 11.5. The Kier molecular flexibility index (Phi) is 5.63. The Morgan fingerprint density at radius 3 is 2.28 bits per heavy atom. The minimum Gasteiger partial charge on any atom is -0.366 e. The molecule has 1 aromatic carbocycles. The van der Waals surface area contributed by atoms with E-state index >= 15 is 0 Å². The number of benzene rings is 1. The van der Waals surface area contributed by atoms with Crippen molar-refractivity contribution in [1.29, 1.82) is 0 Å². The molecular formula is C14H20ClNO2. The number of hydrogen-bond acceptors (Lipinski definition) is 2. The normalized spacial score (nSPS) is 11.3. The van der Waals surface area contributed by atoms with Gasteiger partial charge in [-0.3, -0.25) is 4.79 Å². The van der Waals surface area contributed by atoms with Crippen molar-refractivity contribution in [3.63, 3.8) is 0 Å². The fourth-order valence-corrected chi connectivity index (χ4v) is 1.46. The standard InChI is InChI=1S/C14H20ClNO2/c1-14(2,3)18-10-13(17)16-9-12-6-4-11(8-15)5-7-12/h4-7H,8-10H2,1-3H3,(H,16,17). The molecule has 0 radical (unpaired) electrons. The Balaban J connectivity index is 2.33. The maximum absolute atomic E-state index is 11.5. The van der Waals surface area contributed by atoms with Crippen LogP contribution >= 0.6 is 11.6 Å². The van der Waals surface area contributed by atoms with E-state index in [1.54, 1.807) is 0 Å². The van der Waals surface area contributed by atoms with Crippen LogP contribution in [0.4, 0.5) is 0 Å². The lowest BCUT2D eigenvalue weighted by Gasteiger charge is -2.19. The number of halogens is 1. The first-order valence-electron chi connectivity index (χ1n) is 5.95. The Labute approximate surface area is 113 Å². The highest BCUT2D eigenvalue weighted by atomic mass is 35.5. The van der Waals surface area contributed by atoms with E-state index in [-0.39, 0.29) is 18.1 Å². The van der Waals surface area contributed by atoms with Crippen molar-refractivity contribution in [3.05, 3.63) is 35.4 Å². The Morgan fingerprint density at radius 2 is 1.78 bits per heavy atom. The summed E-state index contributed by atoms with van der Waals surface area (Å²) in [6, 6.07) is 7.84. The number of rotatable bonds is 5. The van der Waals surface area contributed by atoms with Crippen LogP contribution in [0.1, 0.15) is 31.9 Å². The lowest BCUT2D eigenvalue weighted by molar-refractivity contribution is -0.130. The summed E-state index contributed by atoms with van der Waals surface area (Å²) >= 11 is 5.70. The zero-order valence-corrected chi connectivity index (χ0v) is 11.9. The van der Waals surface area contributed by atoms with Gasteiger partial charge in [0.2, 0.25) is 5.91 Å². The zero-order valence-electron chi connectivity index (χ0n) is 11.1. The molecule has 0 saturated heterocycles. The fourth-order valence-electron chi connectivity index (χ4n) is 1.28. The molecule has 4 heteroatoms. The van der Waals surface area contributed by atoms with Crippen molar-refractivity contribution >= 4 is 17.5 Å². The summed E-state index contributed by atoms with van der Waals surface area (Å²) in [7, 11) is 0. The summed E-state index contributed by atoms with van der Waals surface area (Å²) < 4.78 is 5.39. The summed E-state index contributed by atoms with van der Waals surface area (Å²) in [5.41, 5.74) is 1.83. The molecule has 1 N–H and O–H groups in total. The molecule has 0 aliphatic heterocycles. The van der Waals surface area contributed by atoms with Crippen LogP contribution in [-0.2, 0) is 22.0 Å². The summed E-state index contributed by atoms with van der Waals surface area (Å²) in [6.45, 7) is 6.36. The van der Waals surface area contributed by atoms with Crippen molar-refractivity contribution in [2.24, 2.45) is 0 Å². The number of alkyl halides is 1. The summed E-state index contributed by atoms with van der Waals surface area (Å²) in [6.07, 6.45) is 0. The molecule has 1 amide bonds. The van der Waals surface area contributed by atoms with Crippen LogP contribution in [0.5, 0.6) is 0 Å². The van der Waals surface area contributed by atoms with Gasteiger partial charge in [-0.1, -0.05) is 24.3 Å². The molecule has 0 spiro atoms. The Hall–Kier alpha value is -1.06. The first-order chi connectivity index (χ1) is 8.40. The Bertz CT molecular complexity index is 382. The molecule has 0 bridgehead atoms. The van der Waals surface area contributed by atoms with Gasteiger partial charge >= 0.3 is 0 Å². The van der Waals surface area contributed by atoms with E-state index in [1.165, 1.54) is 0 Å². The third kappa shape index (κ3) is 6.03. The lowest BCUT2D eigenvalue weighted by Crippen LogP contribution is -2.31. The third-order valence-corrected chi connectivity index (χ3v) is 2.61. The predicted octanol–water partition coefficient (Wildman–Crippen LogP) is 2.86. The highest BCUT2D eigenvalue weighted by Gasteiger charge is 2.12. The number of amides is 1. The van der Waals surface area contributed by atoms with E-state index in [4.69, 9.17) is 16.3 Å². The number of nitrogens with one attached hydrogen (secondary N) is 1. The summed E-state index contributed by atoms with van der Waals surface area (Å²) in [5.74, 6) is 0.401. The number of carbonyl (C=O) groups excluding carboxylic acids is 1. The summed E-state index contributed by atoms with van der Waals surface area (Å²) in [5, 5.41) is 2.81. The lowest BCUT2D eigenvalue weighted by atomic mass is 10.1. The van der Waals surface area contributed by atoms with E-state index in [2.05, 4.69) is 5.32 Å². The highest BCUT2D eigenvalue weighted by molar-refractivity contribution is 6.17. The highest BCUT2D eigenvalue weighted by Crippen LogP contribution is 2.07. The minimum absolute atomic E-state index is 0.0866. The van der Waals surface area contributed by atoms with Gasteiger partial charge in [0.1, 0.15) is 6.61 Å². The van der Waals surface area contributed by atoms with Gasteiger partial charge in [0.25, 0.3) is 0 Å². The van der Waals surface area contributed by atoms with Crippen LogP contribution in [-0.4, -0.2) is 18.1 Å². The van der Waals surface area contributed by atoms with Crippen molar-refractivity contribution in [2.75, 3.05) is 6.61 Å².